The van der Waals surface area contributed by atoms with Gasteiger partial charge in [0.05, 0.1) is 0 Å². The average Bonchev–Trinajstić information content (AvgIpc) is 3.01. The number of rotatable bonds is 4. The van der Waals surface area contributed by atoms with Crippen LogP contribution in [-0.2, 0) is 10.1 Å². The maximum absolute atomic E-state index is 11.7. The lowest BCUT2D eigenvalue weighted by Gasteiger charge is -2.27. The molecule has 3 rings (SSSR count). The van der Waals surface area contributed by atoms with E-state index in [9.17, 15) is 13.0 Å². The van der Waals surface area contributed by atoms with Crippen LogP contribution in [0.3, 0.4) is 0 Å². The van der Waals surface area contributed by atoms with Crippen molar-refractivity contribution in [3.63, 3.8) is 0 Å². The number of nitrogens with zero attached hydrogens (tertiary/aromatic N) is 1. The summed E-state index contributed by atoms with van der Waals surface area (Å²) in [5.41, 5.74) is 1.28. The second kappa shape index (κ2) is 6.45. The molecule has 2 aromatic rings. The molecule has 0 saturated heterocycles. The van der Waals surface area contributed by atoms with E-state index < -0.39 is 10.1 Å². The van der Waals surface area contributed by atoms with E-state index in [0.717, 1.165) is 31.2 Å². The second-order valence-electron chi connectivity index (χ2n) is 6.26. The lowest BCUT2D eigenvalue weighted by molar-refractivity contribution is 0.313. The van der Waals surface area contributed by atoms with E-state index in [1.165, 1.54) is 6.42 Å². The summed E-state index contributed by atoms with van der Waals surface area (Å²) in [6.07, 6.45) is 5.66. The Hall–Kier alpha value is -1.66. The fourth-order valence-electron chi connectivity index (χ4n) is 3.54. The third-order valence-corrected chi connectivity index (χ3v) is 5.57. The lowest BCUT2D eigenvalue weighted by Crippen LogP contribution is -2.16. The summed E-state index contributed by atoms with van der Waals surface area (Å²) in [4.78, 5) is 0. The van der Waals surface area contributed by atoms with Crippen molar-refractivity contribution in [2.75, 3.05) is 0 Å². The van der Waals surface area contributed by atoms with E-state index >= 15 is 0 Å². The van der Waals surface area contributed by atoms with Gasteiger partial charge in [0.1, 0.15) is 0 Å². The second-order valence-corrected chi connectivity index (χ2v) is 7.60. The van der Waals surface area contributed by atoms with E-state index in [-0.39, 0.29) is 10.9 Å². The maximum Gasteiger partial charge on any atom is 0.315 e. The largest absolute Gasteiger partial charge is 0.355 e. The molecule has 5 nitrogen and oxygen atoms in total. The van der Waals surface area contributed by atoms with Gasteiger partial charge in [-0.1, -0.05) is 61.7 Å². The molecular weight excluding hydrogens is 314 g/mol. The van der Waals surface area contributed by atoms with Gasteiger partial charge in [-0.15, -0.1) is 0 Å². The first-order valence-electron chi connectivity index (χ1n) is 8.01. The Balaban J connectivity index is 2.10. The van der Waals surface area contributed by atoms with Crippen LogP contribution in [0.1, 0.15) is 50.5 Å². The van der Waals surface area contributed by atoms with Gasteiger partial charge < -0.3 is 4.52 Å². The molecule has 1 saturated carbocycles. The number of hydrogen-bond acceptors (Lipinski definition) is 4. The number of benzene rings is 1. The lowest BCUT2D eigenvalue weighted by atomic mass is 9.77. The zero-order valence-corrected chi connectivity index (χ0v) is 13.9. The molecule has 1 aliphatic rings. The smallest absolute Gasteiger partial charge is 0.315 e. The molecule has 23 heavy (non-hydrogen) atoms. The Bertz CT molecular complexity index is 761. The summed E-state index contributed by atoms with van der Waals surface area (Å²) in [6, 6.07) is 9.31. The molecule has 1 heterocycles. The number of aromatic nitrogens is 1. The van der Waals surface area contributed by atoms with Gasteiger partial charge in [-0.3, -0.25) is 4.55 Å². The highest BCUT2D eigenvalue weighted by atomic mass is 32.2. The molecule has 1 unspecified atom stereocenters. The van der Waals surface area contributed by atoms with Gasteiger partial charge in [0.15, 0.2) is 5.76 Å². The van der Waals surface area contributed by atoms with Crippen LogP contribution >= 0.6 is 0 Å². The third-order valence-electron chi connectivity index (χ3n) is 4.79. The Kier molecular flexibility index (Phi) is 4.55. The first-order valence-corrected chi connectivity index (χ1v) is 9.45. The minimum atomic E-state index is -4.41. The molecule has 124 valence electrons. The predicted octanol–water partition coefficient (Wildman–Crippen LogP) is 4.27. The molecule has 0 radical (unpaired) electrons. The molecule has 1 aromatic heterocycles. The maximum atomic E-state index is 11.7. The summed E-state index contributed by atoms with van der Waals surface area (Å²) >= 11 is 0. The van der Waals surface area contributed by atoms with Crippen LogP contribution in [0.15, 0.2) is 39.9 Å². The molecule has 0 bridgehead atoms. The molecule has 6 heteroatoms. The SMILES string of the molecule is CC(c1c(S(=O)(=O)O)noc1-c1ccccc1)C1CCCCC1. The normalized spacial score (nSPS) is 18.0. The molecule has 1 atom stereocenters. The van der Waals surface area contributed by atoms with Gasteiger partial charge in [-0.25, -0.2) is 0 Å². The van der Waals surface area contributed by atoms with Crippen LogP contribution in [0.5, 0.6) is 0 Å². The topological polar surface area (TPSA) is 80.4 Å². The fourth-order valence-corrected chi connectivity index (χ4v) is 4.23. The molecule has 1 N–H and O–H groups in total. The molecular formula is C17H21NO4S. The van der Waals surface area contributed by atoms with E-state index in [1.807, 2.05) is 37.3 Å². The standard InChI is InChI=1S/C17H21NO4S/c1-12(13-8-4-2-5-9-13)15-16(14-10-6-3-7-11-14)22-18-17(15)23(19,20)21/h3,6-7,10-13H,2,4-5,8-9H2,1H3,(H,19,20,21). The molecule has 1 fully saturated rings. The van der Waals surface area contributed by atoms with Crippen molar-refractivity contribution in [1.29, 1.82) is 0 Å². The van der Waals surface area contributed by atoms with Crippen LogP contribution in [0.25, 0.3) is 11.3 Å². The van der Waals surface area contributed by atoms with Gasteiger partial charge in [0, 0.05) is 11.1 Å². The van der Waals surface area contributed by atoms with E-state index in [0.29, 0.717) is 17.2 Å². The van der Waals surface area contributed by atoms with Crippen molar-refractivity contribution in [3.05, 3.63) is 35.9 Å². The predicted molar refractivity (Wildman–Crippen MR) is 86.7 cm³/mol. The van der Waals surface area contributed by atoms with Crippen molar-refractivity contribution >= 4 is 10.1 Å². The zero-order chi connectivity index (χ0) is 16.4. The van der Waals surface area contributed by atoms with Gasteiger partial charge in [0.2, 0.25) is 5.03 Å². The summed E-state index contributed by atoms with van der Waals surface area (Å²) in [7, 11) is -4.41. The number of hydrogen-bond donors (Lipinski definition) is 1. The van der Waals surface area contributed by atoms with Gasteiger partial charge in [-0.05, 0) is 24.7 Å². The highest BCUT2D eigenvalue weighted by molar-refractivity contribution is 7.85. The summed E-state index contributed by atoms with van der Waals surface area (Å²) in [6.45, 7) is 2.00. The van der Waals surface area contributed by atoms with Crippen molar-refractivity contribution in [1.82, 2.24) is 5.16 Å². The molecule has 1 aromatic carbocycles. The van der Waals surface area contributed by atoms with E-state index in [4.69, 9.17) is 4.52 Å². The Labute approximate surface area is 136 Å². The average molecular weight is 335 g/mol. The van der Waals surface area contributed by atoms with Crippen LogP contribution in [0, 0.1) is 5.92 Å². The third kappa shape index (κ3) is 3.33. The molecule has 0 amide bonds. The van der Waals surface area contributed by atoms with Crippen LogP contribution in [0.2, 0.25) is 0 Å². The van der Waals surface area contributed by atoms with E-state index in [1.54, 1.807) is 0 Å². The monoisotopic (exact) mass is 335 g/mol. The van der Waals surface area contributed by atoms with Crippen molar-refractivity contribution in [2.24, 2.45) is 5.92 Å². The minimum absolute atomic E-state index is 0.0336. The van der Waals surface area contributed by atoms with Crippen LogP contribution in [0.4, 0.5) is 0 Å². The van der Waals surface area contributed by atoms with Crippen molar-refractivity contribution in [3.8, 4) is 11.3 Å². The first-order chi connectivity index (χ1) is 11.0. The van der Waals surface area contributed by atoms with Crippen LogP contribution < -0.4 is 0 Å². The highest BCUT2D eigenvalue weighted by Crippen LogP contribution is 2.42. The first kappa shape index (κ1) is 16.2. The minimum Gasteiger partial charge on any atom is -0.355 e. The summed E-state index contributed by atoms with van der Waals surface area (Å²) in [5, 5.41) is 3.33. The van der Waals surface area contributed by atoms with Gasteiger partial charge >= 0.3 is 10.1 Å². The molecule has 0 aliphatic heterocycles. The molecule has 1 aliphatic carbocycles. The quantitative estimate of drug-likeness (QED) is 0.844. The van der Waals surface area contributed by atoms with Crippen LogP contribution in [-0.4, -0.2) is 18.1 Å². The highest BCUT2D eigenvalue weighted by Gasteiger charge is 2.33. The van der Waals surface area contributed by atoms with E-state index in [2.05, 4.69) is 5.16 Å². The van der Waals surface area contributed by atoms with Crippen molar-refractivity contribution < 1.29 is 17.5 Å². The summed E-state index contributed by atoms with van der Waals surface area (Å²) in [5.74, 6) is 0.788. The van der Waals surface area contributed by atoms with Gasteiger partial charge in [0.25, 0.3) is 0 Å². The Morgan fingerprint density at radius 3 is 2.43 bits per heavy atom. The zero-order valence-electron chi connectivity index (χ0n) is 13.1. The molecule has 0 spiro atoms. The summed E-state index contributed by atoms with van der Waals surface area (Å²) < 4.78 is 38.3. The van der Waals surface area contributed by atoms with Crippen molar-refractivity contribution in [2.45, 2.75) is 50.0 Å². The van der Waals surface area contributed by atoms with Gasteiger partial charge in [-0.2, -0.15) is 8.42 Å². The Morgan fingerprint density at radius 2 is 1.83 bits per heavy atom. The Morgan fingerprint density at radius 1 is 1.17 bits per heavy atom. The fraction of sp³-hybridized carbons (Fsp3) is 0.471.